The van der Waals surface area contributed by atoms with E-state index in [1.54, 1.807) is 6.92 Å². The first-order valence-electron chi connectivity index (χ1n) is 12.3. The summed E-state index contributed by atoms with van der Waals surface area (Å²) >= 11 is 0. The Bertz CT molecular complexity index is 847. The first-order chi connectivity index (χ1) is 18.0. The van der Waals surface area contributed by atoms with E-state index in [1.807, 2.05) is 0 Å². The highest BCUT2D eigenvalue weighted by Gasteiger charge is 2.55. The second kappa shape index (κ2) is 15.3. The Hall–Kier alpha value is -2.59. The molecule has 2 unspecified atom stereocenters. The van der Waals surface area contributed by atoms with Gasteiger partial charge in [0.25, 0.3) is 0 Å². The number of aliphatic hydroxyl groups excluding tert-OH is 2. The fraction of sp³-hybridized carbons (Fsp3) is 0.783. The number of carbonyl (C=O) groups is 2. The summed E-state index contributed by atoms with van der Waals surface area (Å²) in [5.41, 5.74) is 6.26. The maximum atomic E-state index is 13.3. The van der Waals surface area contributed by atoms with Crippen LogP contribution >= 0.6 is 0 Å². The largest absolute Gasteiger partial charge is 0.466 e. The molecular formula is C23H36F6N4O6. The summed E-state index contributed by atoms with van der Waals surface area (Å²) in [4.78, 5) is 27.6. The van der Waals surface area contributed by atoms with Crippen LogP contribution < -0.4 is 16.4 Å². The number of hydrogen-bond acceptors (Lipinski definition) is 7. The molecule has 0 radical (unpaired) electrons. The molecule has 16 heteroatoms. The van der Waals surface area contributed by atoms with Crippen molar-refractivity contribution < 1.29 is 55.6 Å². The van der Waals surface area contributed by atoms with Crippen LogP contribution in [0.4, 0.5) is 26.3 Å². The summed E-state index contributed by atoms with van der Waals surface area (Å²) in [6.45, 7) is 2.99. The minimum absolute atomic E-state index is 0.119. The maximum Gasteiger partial charge on any atom is 0.417 e. The predicted octanol–water partition coefficient (Wildman–Crippen LogP) is 1.84. The molecule has 0 aliphatic heterocycles. The smallest absolute Gasteiger partial charge is 0.417 e. The molecule has 226 valence electrons. The lowest BCUT2D eigenvalue weighted by Gasteiger charge is -2.39. The Morgan fingerprint density at radius 3 is 2.21 bits per heavy atom. The Labute approximate surface area is 222 Å². The van der Waals surface area contributed by atoms with Crippen LogP contribution in [0.15, 0.2) is 16.6 Å². The molecule has 6 N–H and O–H groups in total. The molecule has 0 saturated heterocycles. The highest BCUT2D eigenvalue weighted by molar-refractivity contribution is 5.78. The lowest BCUT2D eigenvalue weighted by Crippen LogP contribution is -2.59. The van der Waals surface area contributed by atoms with Crippen LogP contribution in [0.1, 0.15) is 52.4 Å². The molecule has 0 heterocycles. The van der Waals surface area contributed by atoms with E-state index in [4.69, 9.17) is 15.2 Å². The van der Waals surface area contributed by atoms with E-state index in [-0.39, 0.29) is 31.4 Å². The first-order valence-corrected chi connectivity index (χ1v) is 12.3. The van der Waals surface area contributed by atoms with Gasteiger partial charge >= 0.3 is 18.3 Å². The van der Waals surface area contributed by atoms with Gasteiger partial charge in [0.2, 0.25) is 5.91 Å². The third kappa shape index (κ3) is 11.6. The fourth-order valence-corrected chi connectivity index (χ4v) is 4.02. The summed E-state index contributed by atoms with van der Waals surface area (Å²) in [5, 5.41) is 24.3. The van der Waals surface area contributed by atoms with Gasteiger partial charge in [0.05, 0.1) is 24.8 Å². The fourth-order valence-electron chi connectivity index (χ4n) is 4.02. The number of hydrogen-bond donors (Lipinski definition) is 5. The van der Waals surface area contributed by atoms with Crippen LogP contribution in [0.3, 0.4) is 0 Å². The summed E-state index contributed by atoms with van der Waals surface area (Å²) in [6.07, 6.45) is -19.9. The average molecular weight is 579 g/mol. The number of aliphatic hydroxyl groups is 2. The normalized spacial score (nSPS) is 22.9. The van der Waals surface area contributed by atoms with Gasteiger partial charge in [0.15, 0.2) is 18.2 Å². The van der Waals surface area contributed by atoms with Crippen LogP contribution in [0.25, 0.3) is 0 Å². The van der Waals surface area contributed by atoms with Gasteiger partial charge in [0, 0.05) is 20.4 Å². The van der Waals surface area contributed by atoms with E-state index < -0.39 is 54.8 Å². The van der Waals surface area contributed by atoms with Gasteiger partial charge in [-0.15, -0.1) is 0 Å². The summed E-state index contributed by atoms with van der Waals surface area (Å²) in [7, 11) is 1.43. The zero-order valence-electron chi connectivity index (χ0n) is 21.8. The van der Waals surface area contributed by atoms with Crippen molar-refractivity contribution in [2.24, 2.45) is 10.7 Å². The molecule has 0 aromatic carbocycles. The molecule has 39 heavy (non-hydrogen) atoms. The van der Waals surface area contributed by atoms with Crippen LogP contribution in [0, 0.1) is 0 Å². The molecule has 0 fully saturated rings. The van der Waals surface area contributed by atoms with E-state index in [0.29, 0.717) is 31.3 Å². The molecule has 1 amide bonds. The Balaban J connectivity index is 3.33. The molecule has 1 aliphatic carbocycles. The second-order valence-corrected chi connectivity index (χ2v) is 8.99. The number of nitrogens with zero attached hydrogens (tertiary/aromatic N) is 1. The second-order valence-electron chi connectivity index (χ2n) is 8.99. The predicted molar refractivity (Wildman–Crippen MR) is 127 cm³/mol. The van der Waals surface area contributed by atoms with E-state index >= 15 is 0 Å². The maximum absolute atomic E-state index is 13.3. The number of rotatable bonds is 13. The minimum Gasteiger partial charge on any atom is -0.466 e. The van der Waals surface area contributed by atoms with Gasteiger partial charge in [-0.25, -0.2) is 4.99 Å². The third-order valence-corrected chi connectivity index (χ3v) is 5.86. The quantitative estimate of drug-likeness (QED) is 0.0554. The van der Waals surface area contributed by atoms with Crippen LogP contribution in [-0.2, 0) is 19.1 Å². The van der Waals surface area contributed by atoms with Crippen LogP contribution in [0.5, 0.6) is 0 Å². The highest BCUT2D eigenvalue weighted by atomic mass is 19.4. The van der Waals surface area contributed by atoms with Gasteiger partial charge in [0.1, 0.15) is 6.10 Å². The summed E-state index contributed by atoms with van der Waals surface area (Å²) in [6, 6.07) is -2.26. The number of halogens is 6. The topological polar surface area (TPSA) is 156 Å². The van der Waals surface area contributed by atoms with E-state index in [2.05, 4.69) is 15.6 Å². The van der Waals surface area contributed by atoms with Crippen molar-refractivity contribution in [3.05, 3.63) is 11.6 Å². The molecule has 0 saturated carbocycles. The van der Waals surface area contributed by atoms with Gasteiger partial charge in [-0.2, -0.15) is 26.3 Å². The molecule has 10 nitrogen and oxygen atoms in total. The summed E-state index contributed by atoms with van der Waals surface area (Å²) < 4.78 is 89.5. The number of nitrogens with two attached hydrogens (primary N) is 1. The van der Waals surface area contributed by atoms with Gasteiger partial charge in [-0.1, -0.05) is 18.1 Å². The Morgan fingerprint density at radius 1 is 1.13 bits per heavy atom. The average Bonchev–Trinajstić information content (AvgIpc) is 2.81. The number of carbonyl (C=O) groups excluding carboxylic acids is 2. The van der Waals surface area contributed by atoms with Crippen LogP contribution in [-0.4, -0.2) is 90.6 Å². The molecular weight excluding hydrogens is 542 g/mol. The van der Waals surface area contributed by atoms with Crippen LogP contribution in [0.2, 0.25) is 0 Å². The number of esters is 1. The number of aliphatic imine (C=N–C) groups is 1. The third-order valence-electron chi connectivity index (χ3n) is 5.86. The van der Waals surface area contributed by atoms with E-state index in [1.165, 1.54) is 13.1 Å². The number of ether oxygens (including phenoxy) is 2. The molecule has 1 rings (SSSR count). The molecule has 0 spiro atoms. The highest BCUT2D eigenvalue weighted by Crippen LogP contribution is 2.35. The van der Waals surface area contributed by atoms with Gasteiger partial charge in [-0.3, -0.25) is 9.59 Å². The zero-order chi connectivity index (χ0) is 30.0. The monoisotopic (exact) mass is 578 g/mol. The minimum atomic E-state index is -5.56. The Kier molecular flexibility index (Phi) is 13.5. The van der Waals surface area contributed by atoms with Crippen molar-refractivity contribution in [3.8, 4) is 0 Å². The molecule has 1 aliphatic rings. The van der Waals surface area contributed by atoms with Gasteiger partial charge in [-0.05, 0) is 32.6 Å². The molecule has 0 bridgehead atoms. The molecule has 5 atom stereocenters. The SMILES string of the molecule is CCOC(=O)CCCCCC1=C[C@@H](OC(C(O)C(F)(F)F)C(O)C(F)(F)F)[C@H](NC(C)=O)[C@@H](N=C(N)NC)C1. The standard InChI is InChI=1S/C23H36F6N4O6/c1-4-38-16(35)9-7-5-6-8-13-10-14(33-21(30)31-3)17(32-12(2)34)15(11-13)39-18(19(36)22(24,25)26)20(37)23(27,28)29/h11,14-15,17-20,36-37H,4-10H2,1-3H3,(H,32,34)(H3,30,31,33)/t14-,15+,17+,18?,19?,20?/m0/s1. The van der Waals surface area contributed by atoms with Crippen molar-refractivity contribution in [1.82, 2.24) is 10.6 Å². The summed E-state index contributed by atoms with van der Waals surface area (Å²) in [5.74, 6) is -1.17. The number of amides is 1. The lowest BCUT2D eigenvalue weighted by molar-refractivity contribution is -0.296. The van der Waals surface area contributed by atoms with Crippen molar-refractivity contribution in [2.45, 2.75) is 101 Å². The van der Waals surface area contributed by atoms with E-state index in [9.17, 15) is 46.1 Å². The number of nitrogens with one attached hydrogen (secondary N) is 2. The number of unbranched alkanes of at least 4 members (excludes halogenated alkanes) is 2. The first kappa shape index (κ1) is 34.4. The van der Waals surface area contributed by atoms with Crippen molar-refractivity contribution in [3.63, 3.8) is 0 Å². The molecule has 0 aromatic heterocycles. The van der Waals surface area contributed by atoms with E-state index in [0.717, 1.165) is 6.92 Å². The lowest BCUT2D eigenvalue weighted by atomic mass is 9.85. The van der Waals surface area contributed by atoms with Gasteiger partial charge < -0.3 is 36.1 Å². The molecule has 0 aromatic rings. The van der Waals surface area contributed by atoms with Crippen molar-refractivity contribution >= 4 is 17.8 Å². The zero-order valence-corrected chi connectivity index (χ0v) is 21.8. The number of guanidine groups is 1. The number of alkyl halides is 6. The van der Waals surface area contributed by atoms with Crippen molar-refractivity contribution in [2.75, 3.05) is 13.7 Å². The van der Waals surface area contributed by atoms with Crippen molar-refractivity contribution in [1.29, 1.82) is 0 Å². The Morgan fingerprint density at radius 2 is 1.72 bits per heavy atom.